The molecule has 1 aromatic carbocycles. The van der Waals surface area contributed by atoms with Crippen LogP contribution in [0, 0.1) is 0 Å². The van der Waals surface area contributed by atoms with E-state index in [1.165, 1.54) is 6.20 Å². The normalized spacial score (nSPS) is 11.8. The second-order valence-electron chi connectivity index (χ2n) is 4.26. The maximum absolute atomic E-state index is 11.9. The molecule has 0 aliphatic carbocycles. The number of nitrogen functional groups attached to an aromatic ring is 1. The molecule has 5 N–H and O–H groups in total. The van der Waals surface area contributed by atoms with E-state index in [1.807, 2.05) is 30.3 Å². The third kappa shape index (κ3) is 3.79. The third-order valence-electron chi connectivity index (χ3n) is 2.69. The molecule has 1 aromatic heterocycles. The van der Waals surface area contributed by atoms with Crippen LogP contribution in [0.5, 0.6) is 0 Å². The van der Waals surface area contributed by atoms with Crippen LogP contribution in [-0.4, -0.2) is 16.9 Å². The van der Waals surface area contributed by atoms with Gasteiger partial charge >= 0.3 is 0 Å². The van der Waals surface area contributed by atoms with E-state index in [0.717, 1.165) is 5.56 Å². The summed E-state index contributed by atoms with van der Waals surface area (Å²) in [5.41, 5.74) is 13.0. The monoisotopic (exact) mass is 256 g/mol. The first kappa shape index (κ1) is 13.0. The summed E-state index contributed by atoms with van der Waals surface area (Å²) in [6.45, 7) is 0. The lowest BCUT2D eigenvalue weighted by Gasteiger charge is -2.12. The standard InChI is InChI=1S/C14H16N4O/c15-12(8-10-4-2-1-3-5-10)14(19)18-11-6-7-13(16)17-9-11/h1-7,9,12H,8,15H2,(H2,16,17)(H,18,19). The number of anilines is 2. The van der Waals surface area contributed by atoms with Crippen LogP contribution in [0.15, 0.2) is 48.7 Å². The lowest BCUT2D eigenvalue weighted by Crippen LogP contribution is -2.37. The summed E-state index contributed by atoms with van der Waals surface area (Å²) in [4.78, 5) is 15.8. The second-order valence-corrected chi connectivity index (χ2v) is 4.26. The summed E-state index contributed by atoms with van der Waals surface area (Å²) in [6.07, 6.45) is 2.00. The largest absolute Gasteiger partial charge is 0.384 e. The van der Waals surface area contributed by atoms with Gasteiger partial charge in [0.15, 0.2) is 0 Å². The fourth-order valence-electron chi connectivity index (χ4n) is 1.67. The highest BCUT2D eigenvalue weighted by atomic mass is 16.2. The molecule has 0 aliphatic heterocycles. The van der Waals surface area contributed by atoms with Crippen LogP contribution in [0.1, 0.15) is 5.56 Å². The van der Waals surface area contributed by atoms with Crippen molar-refractivity contribution < 1.29 is 4.79 Å². The number of carbonyl (C=O) groups excluding carboxylic acids is 1. The first-order chi connectivity index (χ1) is 9.15. The molecule has 0 aliphatic rings. The van der Waals surface area contributed by atoms with E-state index in [0.29, 0.717) is 17.9 Å². The van der Waals surface area contributed by atoms with E-state index >= 15 is 0 Å². The fraction of sp³-hybridized carbons (Fsp3) is 0.143. The highest BCUT2D eigenvalue weighted by Crippen LogP contribution is 2.08. The average molecular weight is 256 g/mol. The van der Waals surface area contributed by atoms with Gasteiger partial charge in [0.05, 0.1) is 17.9 Å². The quantitative estimate of drug-likeness (QED) is 0.765. The first-order valence-electron chi connectivity index (χ1n) is 5.97. The molecule has 0 fully saturated rings. The van der Waals surface area contributed by atoms with Crippen LogP contribution < -0.4 is 16.8 Å². The Bertz CT molecular complexity index is 539. The van der Waals surface area contributed by atoms with E-state index in [9.17, 15) is 4.79 Å². The molecule has 98 valence electrons. The van der Waals surface area contributed by atoms with Gasteiger partial charge in [-0.3, -0.25) is 4.79 Å². The van der Waals surface area contributed by atoms with Gasteiger partial charge in [-0.25, -0.2) is 4.98 Å². The van der Waals surface area contributed by atoms with Gasteiger partial charge in [-0.05, 0) is 24.1 Å². The van der Waals surface area contributed by atoms with Gasteiger partial charge in [0.25, 0.3) is 0 Å². The van der Waals surface area contributed by atoms with E-state index in [1.54, 1.807) is 12.1 Å². The van der Waals surface area contributed by atoms with Crippen LogP contribution in [0.4, 0.5) is 11.5 Å². The number of nitrogens with one attached hydrogen (secondary N) is 1. The Hall–Kier alpha value is -2.40. The molecule has 1 atom stereocenters. The molecule has 0 spiro atoms. The SMILES string of the molecule is Nc1ccc(NC(=O)C(N)Cc2ccccc2)cn1. The Kier molecular flexibility index (Phi) is 4.10. The number of carbonyl (C=O) groups is 1. The first-order valence-corrected chi connectivity index (χ1v) is 5.97. The number of nitrogens with zero attached hydrogens (tertiary/aromatic N) is 1. The van der Waals surface area contributed by atoms with Crippen molar-refractivity contribution in [3.8, 4) is 0 Å². The van der Waals surface area contributed by atoms with Gasteiger partial charge in [0, 0.05) is 0 Å². The Morgan fingerprint density at radius 3 is 2.58 bits per heavy atom. The van der Waals surface area contributed by atoms with Crippen molar-refractivity contribution in [1.29, 1.82) is 0 Å². The number of aromatic nitrogens is 1. The van der Waals surface area contributed by atoms with E-state index in [4.69, 9.17) is 11.5 Å². The highest BCUT2D eigenvalue weighted by Gasteiger charge is 2.14. The number of pyridine rings is 1. The third-order valence-corrected chi connectivity index (χ3v) is 2.69. The molecule has 0 saturated carbocycles. The van der Waals surface area contributed by atoms with Crippen LogP contribution in [-0.2, 0) is 11.2 Å². The minimum absolute atomic E-state index is 0.240. The maximum atomic E-state index is 11.9. The Labute approximate surface area is 111 Å². The van der Waals surface area contributed by atoms with Crippen molar-refractivity contribution in [2.75, 3.05) is 11.1 Å². The second kappa shape index (κ2) is 5.97. The Balaban J connectivity index is 1.94. The zero-order valence-electron chi connectivity index (χ0n) is 10.4. The maximum Gasteiger partial charge on any atom is 0.241 e. The zero-order valence-corrected chi connectivity index (χ0v) is 10.4. The number of amides is 1. The predicted octanol–water partition coefficient (Wildman–Crippen LogP) is 1.17. The summed E-state index contributed by atoms with van der Waals surface area (Å²) in [5, 5.41) is 2.71. The van der Waals surface area contributed by atoms with E-state index in [-0.39, 0.29) is 5.91 Å². The summed E-state index contributed by atoms with van der Waals surface area (Å²) in [5.74, 6) is 0.169. The van der Waals surface area contributed by atoms with Gasteiger partial charge in [-0.15, -0.1) is 0 Å². The molecule has 0 saturated heterocycles. The molecule has 0 bridgehead atoms. The minimum atomic E-state index is -0.597. The van der Waals surface area contributed by atoms with Crippen molar-refractivity contribution in [3.63, 3.8) is 0 Å². The van der Waals surface area contributed by atoms with Crippen LogP contribution in [0.2, 0.25) is 0 Å². The van der Waals surface area contributed by atoms with Gasteiger partial charge in [0.1, 0.15) is 5.82 Å². The molecule has 5 heteroatoms. The number of nitrogens with two attached hydrogens (primary N) is 2. The molecule has 19 heavy (non-hydrogen) atoms. The number of benzene rings is 1. The van der Waals surface area contributed by atoms with Crippen LogP contribution in [0.25, 0.3) is 0 Å². The van der Waals surface area contributed by atoms with E-state index < -0.39 is 6.04 Å². The summed E-state index contributed by atoms with van der Waals surface area (Å²) < 4.78 is 0. The van der Waals surface area contributed by atoms with Crippen molar-refractivity contribution in [1.82, 2.24) is 4.98 Å². The van der Waals surface area contributed by atoms with Crippen molar-refractivity contribution in [2.24, 2.45) is 5.73 Å². The van der Waals surface area contributed by atoms with Crippen molar-refractivity contribution in [3.05, 3.63) is 54.2 Å². The van der Waals surface area contributed by atoms with Crippen molar-refractivity contribution >= 4 is 17.4 Å². The lowest BCUT2D eigenvalue weighted by atomic mass is 10.1. The van der Waals surface area contributed by atoms with Crippen LogP contribution >= 0.6 is 0 Å². The highest BCUT2D eigenvalue weighted by molar-refractivity contribution is 5.94. The molecule has 1 amide bonds. The number of hydrogen-bond donors (Lipinski definition) is 3. The molecular formula is C14H16N4O. The number of rotatable bonds is 4. The summed E-state index contributed by atoms with van der Waals surface area (Å²) in [6, 6.07) is 12.4. The average Bonchev–Trinajstić information content (AvgIpc) is 2.42. The van der Waals surface area contributed by atoms with Gasteiger partial charge in [0.2, 0.25) is 5.91 Å². The van der Waals surface area contributed by atoms with Gasteiger partial charge < -0.3 is 16.8 Å². The zero-order chi connectivity index (χ0) is 13.7. The van der Waals surface area contributed by atoms with Crippen molar-refractivity contribution in [2.45, 2.75) is 12.5 Å². The smallest absolute Gasteiger partial charge is 0.241 e. The topological polar surface area (TPSA) is 94.0 Å². The summed E-state index contributed by atoms with van der Waals surface area (Å²) >= 11 is 0. The Morgan fingerprint density at radius 2 is 1.95 bits per heavy atom. The predicted molar refractivity (Wildman–Crippen MR) is 75.4 cm³/mol. The minimum Gasteiger partial charge on any atom is -0.384 e. The fourth-order valence-corrected chi connectivity index (χ4v) is 1.67. The van der Waals surface area contributed by atoms with Gasteiger partial charge in [-0.2, -0.15) is 0 Å². The lowest BCUT2D eigenvalue weighted by molar-refractivity contribution is -0.117. The molecule has 5 nitrogen and oxygen atoms in total. The molecule has 1 unspecified atom stereocenters. The van der Waals surface area contributed by atoms with Gasteiger partial charge in [-0.1, -0.05) is 30.3 Å². The van der Waals surface area contributed by atoms with Crippen LogP contribution in [0.3, 0.4) is 0 Å². The number of hydrogen-bond acceptors (Lipinski definition) is 4. The molecule has 1 heterocycles. The Morgan fingerprint density at radius 1 is 1.21 bits per heavy atom. The molecule has 2 rings (SSSR count). The molecule has 2 aromatic rings. The molecular weight excluding hydrogens is 240 g/mol. The van der Waals surface area contributed by atoms with E-state index in [2.05, 4.69) is 10.3 Å². The molecule has 0 radical (unpaired) electrons. The summed E-state index contributed by atoms with van der Waals surface area (Å²) in [7, 11) is 0.